The number of nitrogens with one attached hydrogen (secondary N) is 1. The summed E-state index contributed by atoms with van der Waals surface area (Å²) < 4.78 is 42.2. The molecule has 1 rings (SSSR count). The Labute approximate surface area is 113 Å². The molecule has 0 fully saturated rings. The number of ether oxygens (including phenoxy) is 1. The molecule has 0 saturated carbocycles. The van der Waals surface area contributed by atoms with Crippen LogP contribution in [0.3, 0.4) is 0 Å². The molecule has 108 valence electrons. The molecule has 1 N–H and O–H groups in total. The van der Waals surface area contributed by atoms with Gasteiger partial charge in [0.15, 0.2) is 5.69 Å². The molecule has 0 aliphatic carbocycles. The molecule has 0 aliphatic heterocycles. The van der Waals surface area contributed by atoms with E-state index in [0.717, 1.165) is 16.7 Å². The van der Waals surface area contributed by atoms with Gasteiger partial charge in [-0.3, -0.25) is 4.79 Å². The van der Waals surface area contributed by atoms with Crippen molar-refractivity contribution in [1.82, 2.24) is 10.3 Å². The number of halogens is 3. The van der Waals surface area contributed by atoms with Gasteiger partial charge in [0, 0.05) is 12.5 Å². The SMILES string of the molecule is CC[C@@H](NC(=O)[C@H](C)OC)c1nc(C(F)(F)F)cs1. The van der Waals surface area contributed by atoms with E-state index in [2.05, 4.69) is 10.3 Å². The molecule has 8 heteroatoms. The van der Waals surface area contributed by atoms with Gasteiger partial charge in [0.25, 0.3) is 0 Å². The molecule has 0 unspecified atom stereocenters. The van der Waals surface area contributed by atoms with Gasteiger partial charge in [-0.25, -0.2) is 4.98 Å². The van der Waals surface area contributed by atoms with Crippen LogP contribution in [0, 0.1) is 0 Å². The van der Waals surface area contributed by atoms with Crippen molar-refractivity contribution >= 4 is 17.2 Å². The number of hydrogen-bond donors (Lipinski definition) is 1. The van der Waals surface area contributed by atoms with E-state index in [1.165, 1.54) is 7.11 Å². The van der Waals surface area contributed by atoms with E-state index in [9.17, 15) is 18.0 Å². The van der Waals surface area contributed by atoms with Crippen LogP contribution in [0.5, 0.6) is 0 Å². The molecule has 1 amide bonds. The Bertz CT molecular complexity index is 434. The topological polar surface area (TPSA) is 51.2 Å². The molecule has 1 heterocycles. The maximum atomic E-state index is 12.5. The quantitative estimate of drug-likeness (QED) is 0.909. The van der Waals surface area contributed by atoms with Gasteiger partial charge in [-0.05, 0) is 13.3 Å². The van der Waals surface area contributed by atoms with Gasteiger partial charge in [0.1, 0.15) is 11.1 Å². The summed E-state index contributed by atoms with van der Waals surface area (Å²) in [6.07, 6.45) is -4.67. The molecule has 0 radical (unpaired) electrons. The molecule has 2 atom stereocenters. The first-order valence-electron chi connectivity index (χ1n) is 5.65. The van der Waals surface area contributed by atoms with Crippen LogP contribution >= 0.6 is 11.3 Å². The summed E-state index contributed by atoms with van der Waals surface area (Å²) in [6, 6.07) is -0.536. The van der Waals surface area contributed by atoms with Crippen LogP contribution in [0.15, 0.2) is 5.38 Å². The number of amides is 1. The third-order valence-corrected chi connectivity index (χ3v) is 3.52. The number of nitrogens with zero attached hydrogens (tertiary/aromatic N) is 1. The minimum absolute atomic E-state index is 0.242. The highest BCUT2D eigenvalue weighted by atomic mass is 32.1. The predicted molar refractivity (Wildman–Crippen MR) is 64.8 cm³/mol. The average Bonchev–Trinajstić information content (AvgIpc) is 2.83. The number of carbonyl (C=O) groups is 1. The van der Waals surface area contributed by atoms with Crippen LogP contribution in [-0.2, 0) is 15.7 Å². The number of carbonyl (C=O) groups excluding carboxylic acids is 1. The molecule has 1 aromatic rings. The van der Waals surface area contributed by atoms with E-state index in [-0.39, 0.29) is 10.9 Å². The number of aromatic nitrogens is 1. The smallest absolute Gasteiger partial charge is 0.372 e. The van der Waals surface area contributed by atoms with Gasteiger partial charge in [-0.2, -0.15) is 13.2 Å². The van der Waals surface area contributed by atoms with Gasteiger partial charge < -0.3 is 10.1 Å². The van der Waals surface area contributed by atoms with E-state index in [1.807, 2.05) is 0 Å². The fraction of sp³-hybridized carbons (Fsp3) is 0.636. The van der Waals surface area contributed by atoms with Crippen LogP contribution in [0.25, 0.3) is 0 Å². The van der Waals surface area contributed by atoms with Crippen molar-refractivity contribution in [1.29, 1.82) is 0 Å². The van der Waals surface area contributed by atoms with Gasteiger partial charge in [-0.1, -0.05) is 6.92 Å². The predicted octanol–water partition coefficient (Wildman–Crippen LogP) is 2.76. The van der Waals surface area contributed by atoms with Crippen molar-refractivity contribution in [2.45, 2.75) is 38.6 Å². The Kier molecular flexibility index (Phi) is 5.30. The highest BCUT2D eigenvalue weighted by molar-refractivity contribution is 7.09. The van der Waals surface area contributed by atoms with E-state index >= 15 is 0 Å². The van der Waals surface area contributed by atoms with E-state index in [4.69, 9.17) is 4.74 Å². The zero-order valence-electron chi connectivity index (χ0n) is 10.7. The number of thiazole rings is 1. The Morgan fingerprint density at radius 1 is 1.58 bits per heavy atom. The summed E-state index contributed by atoms with van der Waals surface area (Å²) in [4.78, 5) is 15.2. The zero-order valence-corrected chi connectivity index (χ0v) is 11.6. The highest BCUT2D eigenvalue weighted by Crippen LogP contribution is 2.32. The number of methoxy groups -OCH3 is 1. The lowest BCUT2D eigenvalue weighted by Gasteiger charge is -2.17. The molecule has 19 heavy (non-hydrogen) atoms. The summed E-state index contributed by atoms with van der Waals surface area (Å²) in [7, 11) is 1.39. The second-order valence-electron chi connectivity index (χ2n) is 3.92. The van der Waals surface area contributed by atoms with Crippen molar-refractivity contribution in [3.05, 3.63) is 16.1 Å². The van der Waals surface area contributed by atoms with Crippen LogP contribution in [0.2, 0.25) is 0 Å². The van der Waals surface area contributed by atoms with Crippen LogP contribution < -0.4 is 5.32 Å². The fourth-order valence-corrected chi connectivity index (χ4v) is 2.27. The third kappa shape index (κ3) is 4.17. The number of rotatable bonds is 5. The largest absolute Gasteiger partial charge is 0.434 e. The van der Waals surface area contributed by atoms with Crippen molar-refractivity contribution in [3.8, 4) is 0 Å². The first kappa shape index (κ1) is 15.9. The molecule has 0 aliphatic rings. The second kappa shape index (κ2) is 6.33. The van der Waals surface area contributed by atoms with Crippen molar-refractivity contribution < 1.29 is 22.7 Å². The summed E-state index contributed by atoms with van der Waals surface area (Å²) in [5.41, 5.74) is -0.931. The van der Waals surface area contributed by atoms with Crippen molar-refractivity contribution in [3.63, 3.8) is 0 Å². The summed E-state index contributed by atoms with van der Waals surface area (Å²) >= 11 is 0.884. The monoisotopic (exact) mass is 296 g/mol. The lowest BCUT2D eigenvalue weighted by molar-refractivity contribution is -0.140. The molecule has 0 aromatic carbocycles. The Morgan fingerprint density at radius 2 is 2.21 bits per heavy atom. The standard InChI is InChI=1S/C11H15F3N2O2S/c1-4-7(15-9(17)6(2)18-3)10-16-8(5-19-10)11(12,13)14/h5-7H,4H2,1-3H3,(H,15,17)/t6-,7+/m0/s1. The van der Waals surface area contributed by atoms with E-state index in [1.54, 1.807) is 13.8 Å². The Morgan fingerprint density at radius 3 is 2.63 bits per heavy atom. The highest BCUT2D eigenvalue weighted by Gasteiger charge is 2.34. The van der Waals surface area contributed by atoms with Crippen molar-refractivity contribution in [2.24, 2.45) is 0 Å². The molecule has 0 bridgehead atoms. The van der Waals surface area contributed by atoms with Crippen LogP contribution in [0.1, 0.15) is 37.0 Å². The maximum absolute atomic E-state index is 12.5. The van der Waals surface area contributed by atoms with Gasteiger partial charge in [-0.15, -0.1) is 11.3 Å². The first-order valence-corrected chi connectivity index (χ1v) is 6.53. The maximum Gasteiger partial charge on any atom is 0.434 e. The number of hydrogen-bond acceptors (Lipinski definition) is 4. The Hall–Kier alpha value is -1.15. The normalized spacial score (nSPS) is 15.1. The van der Waals surface area contributed by atoms with Gasteiger partial charge >= 0.3 is 6.18 Å². The summed E-state index contributed by atoms with van der Waals surface area (Å²) in [6.45, 7) is 3.32. The van der Waals surface area contributed by atoms with Crippen molar-refractivity contribution in [2.75, 3.05) is 7.11 Å². The molecule has 1 aromatic heterocycles. The first-order chi connectivity index (χ1) is 8.79. The summed E-state index contributed by atoms with van der Waals surface area (Å²) in [5.74, 6) is -0.377. The van der Waals surface area contributed by atoms with Crippen LogP contribution in [-0.4, -0.2) is 24.1 Å². The van der Waals surface area contributed by atoms with Crippen LogP contribution in [0.4, 0.5) is 13.2 Å². The van der Waals surface area contributed by atoms with Gasteiger partial charge in [0.2, 0.25) is 5.91 Å². The van der Waals surface area contributed by atoms with Gasteiger partial charge in [0.05, 0.1) is 6.04 Å². The fourth-order valence-electron chi connectivity index (χ4n) is 1.31. The summed E-state index contributed by atoms with van der Waals surface area (Å²) in [5, 5.41) is 3.81. The second-order valence-corrected chi connectivity index (χ2v) is 4.81. The zero-order chi connectivity index (χ0) is 14.6. The number of alkyl halides is 3. The molecule has 4 nitrogen and oxygen atoms in total. The molecular formula is C11H15F3N2O2S. The lowest BCUT2D eigenvalue weighted by atomic mass is 10.2. The molecule has 0 saturated heterocycles. The third-order valence-electron chi connectivity index (χ3n) is 2.56. The molecule has 0 spiro atoms. The minimum Gasteiger partial charge on any atom is -0.372 e. The molecular weight excluding hydrogens is 281 g/mol. The minimum atomic E-state index is -4.46. The Balaban J connectivity index is 2.81. The van der Waals surface area contributed by atoms with E-state index in [0.29, 0.717) is 6.42 Å². The average molecular weight is 296 g/mol. The lowest BCUT2D eigenvalue weighted by Crippen LogP contribution is -2.36. The van der Waals surface area contributed by atoms with E-state index < -0.39 is 24.0 Å².